The minimum atomic E-state index is 0.459. The number of nitrogens with one attached hydrogen (secondary N) is 2. The van der Waals surface area contributed by atoms with E-state index < -0.39 is 0 Å². The molecule has 1 saturated heterocycles. The number of hydrogen-bond donors (Lipinski definition) is 2. The maximum absolute atomic E-state index is 3.63. The lowest BCUT2D eigenvalue weighted by atomic mass is 10.1. The van der Waals surface area contributed by atoms with Gasteiger partial charge in [-0.05, 0) is 25.5 Å². The monoisotopic (exact) mass is 190 g/mol. The molecule has 0 aliphatic carbocycles. The third kappa shape index (κ3) is 2.34. The van der Waals surface area contributed by atoms with Crippen LogP contribution >= 0.6 is 0 Å². The summed E-state index contributed by atoms with van der Waals surface area (Å²) in [4.78, 5) is 0. The zero-order chi connectivity index (χ0) is 9.80. The second kappa shape index (κ2) is 4.58. The van der Waals surface area contributed by atoms with Crippen LogP contribution in [0.25, 0.3) is 0 Å². The first-order valence-electron chi connectivity index (χ1n) is 5.38. The van der Waals surface area contributed by atoms with Gasteiger partial charge in [-0.2, -0.15) is 0 Å². The third-order valence-electron chi connectivity index (χ3n) is 2.85. The lowest BCUT2D eigenvalue weighted by molar-refractivity contribution is 0.478. The second-order valence-corrected chi connectivity index (χ2v) is 3.99. The molecule has 76 valence electrons. The van der Waals surface area contributed by atoms with E-state index in [1.54, 1.807) is 0 Å². The Labute approximate surface area is 85.7 Å². The van der Waals surface area contributed by atoms with E-state index in [0.717, 1.165) is 13.1 Å². The Kier molecular flexibility index (Phi) is 3.17. The van der Waals surface area contributed by atoms with Crippen molar-refractivity contribution < 1.29 is 0 Å². The topological polar surface area (TPSA) is 24.1 Å². The largest absolute Gasteiger partial charge is 0.315 e. The fourth-order valence-electron chi connectivity index (χ4n) is 1.99. The van der Waals surface area contributed by atoms with Crippen LogP contribution < -0.4 is 10.6 Å². The Hall–Kier alpha value is -0.860. The molecule has 2 nitrogen and oxygen atoms in total. The molecule has 0 bridgehead atoms. The molecule has 0 aromatic heterocycles. The van der Waals surface area contributed by atoms with Gasteiger partial charge in [0.05, 0.1) is 0 Å². The Balaban J connectivity index is 1.92. The van der Waals surface area contributed by atoms with Crippen LogP contribution in [0.2, 0.25) is 0 Å². The van der Waals surface area contributed by atoms with Gasteiger partial charge in [0, 0.05) is 18.6 Å². The van der Waals surface area contributed by atoms with E-state index in [4.69, 9.17) is 0 Å². The van der Waals surface area contributed by atoms with E-state index in [1.807, 2.05) is 0 Å². The molecular weight excluding hydrogens is 172 g/mol. The van der Waals surface area contributed by atoms with Gasteiger partial charge in [-0.15, -0.1) is 0 Å². The van der Waals surface area contributed by atoms with Gasteiger partial charge in [-0.25, -0.2) is 0 Å². The van der Waals surface area contributed by atoms with Crippen LogP contribution in [0.4, 0.5) is 0 Å². The molecule has 1 fully saturated rings. The number of rotatable bonds is 3. The summed E-state index contributed by atoms with van der Waals surface area (Å²) in [5.41, 5.74) is 1.37. The van der Waals surface area contributed by atoms with Gasteiger partial charge in [0.15, 0.2) is 0 Å². The van der Waals surface area contributed by atoms with Crippen molar-refractivity contribution in [1.29, 1.82) is 0 Å². The summed E-state index contributed by atoms with van der Waals surface area (Å²) in [6, 6.07) is 11.7. The minimum Gasteiger partial charge on any atom is -0.315 e. The summed E-state index contributed by atoms with van der Waals surface area (Å²) in [5.74, 6) is 0. The van der Waals surface area contributed by atoms with Crippen molar-refractivity contribution in [3.63, 3.8) is 0 Å². The van der Waals surface area contributed by atoms with Crippen LogP contribution in [-0.2, 0) is 0 Å². The SMILES string of the molecule is C[C@@H](N[C@H]1CCNC1)c1ccccc1. The number of hydrogen-bond acceptors (Lipinski definition) is 2. The lowest BCUT2D eigenvalue weighted by Gasteiger charge is -2.18. The highest BCUT2D eigenvalue weighted by atomic mass is 15.0. The maximum atomic E-state index is 3.63. The van der Waals surface area contributed by atoms with Crippen molar-refractivity contribution in [2.75, 3.05) is 13.1 Å². The van der Waals surface area contributed by atoms with Gasteiger partial charge >= 0.3 is 0 Å². The zero-order valence-corrected chi connectivity index (χ0v) is 8.66. The van der Waals surface area contributed by atoms with Crippen molar-refractivity contribution in [3.8, 4) is 0 Å². The summed E-state index contributed by atoms with van der Waals surface area (Å²) in [5, 5.41) is 7.00. The van der Waals surface area contributed by atoms with Crippen LogP contribution in [0, 0.1) is 0 Å². The predicted molar refractivity (Wildman–Crippen MR) is 59.3 cm³/mol. The Bertz CT molecular complexity index is 265. The number of benzene rings is 1. The van der Waals surface area contributed by atoms with E-state index in [0.29, 0.717) is 12.1 Å². The fourth-order valence-corrected chi connectivity index (χ4v) is 1.99. The summed E-state index contributed by atoms with van der Waals surface area (Å²) in [6.07, 6.45) is 1.25. The first-order valence-corrected chi connectivity index (χ1v) is 5.38. The molecule has 0 amide bonds. The van der Waals surface area contributed by atoms with E-state index in [9.17, 15) is 0 Å². The summed E-state index contributed by atoms with van der Waals surface area (Å²) in [7, 11) is 0. The van der Waals surface area contributed by atoms with Crippen LogP contribution in [0.5, 0.6) is 0 Å². The smallest absolute Gasteiger partial charge is 0.0294 e. The minimum absolute atomic E-state index is 0.459. The predicted octanol–water partition coefficient (Wildman–Crippen LogP) is 1.70. The van der Waals surface area contributed by atoms with Crippen molar-refractivity contribution >= 4 is 0 Å². The van der Waals surface area contributed by atoms with Crippen molar-refractivity contribution in [1.82, 2.24) is 10.6 Å². The normalized spacial score (nSPS) is 23.6. The zero-order valence-electron chi connectivity index (χ0n) is 8.66. The van der Waals surface area contributed by atoms with Crippen LogP contribution in [0.15, 0.2) is 30.3 Å². The molecule has 1 heterocycles. The van der Waals surface area contributed by atoms with Gasteiger partial charge in [0.25, 0.3) is 0 Å². The van der Waals surface area contributed by atoms with Gasteiger partial charge < -0.3 is 10.6 Å². The first-order chi connectivity index (χ1) is 6.86. The molecular formula is C12H18N2. The molecule has 14 heavy (non-hydrogen) atoms. The lowest BCUT2D eigenvalue weighted by Crippen LogP contribution is -2.33. The van der Waals surface area contributed by atoms with Gasteiger partial charge in [0.2, 0.25) is 0 Å². The average Bonchev–Trinajstić information content (AvgIpc) is 2.72. The van der Waals surface area contributed by atoms with Crippen LogP contribution in [0.1, 0.15) is 24.9 Å². The fraction of sp³-hybridized carbons (Fsp3) is 0.500. The van der Waals surface area contributed by atoms with Crippen LogP contribution in [0.3, 0.4) is 0 Å². The Morgan fingerprint density at radius 3 is 2.79 bits per heavy atom. The molecule has 1 aliphatic rings. The molecule has 0 saturated carbocycles. The maximum Gasteiger partial charge on any atom is 0.0294 e. The summed E-state index contributed by atoms with van der Waals surface area (Å²) in [6.45, 7) is 4.49. The van der Waals surface area contributed by atoms with E-state index >= 15 is 0 Å². The average molecular weight is 190 g/mol. The van der Waals surface area contributed by atoms with Crippen molar-refractivity contribution in [3.05, 3.63) is 35.9 Å². The molecule has 0 spiro atoms. The molecule has 0 radical (unpaired) electrons. The first kappa shape index (κ1) is 9.69. The third-order valence-corrected chi connectivity index (χ3v) is 2.85. The van der Waals surface area contributed by atoms with E-state index in [-0.39, 0.29) is 0 Å². The van der Waals surface area contributed by atoms with Gasteiger partial charge in [0.1, 0.15) is 0 Å². The van der Waals surface area contributed by atoms with Gasteiger partial charge in [-0.1, -0.05) is 30.3 Å². The molecule has 0 unspecified atom stereocenters. The van der Waals surface area contributed by atoms with E-state index in [2.05, 4.69) is 47.9 Å². The highest BCUT2D eigenvalue weighted by molar-refractivity contribution is 5.18. The van der Waals surface area contributed by atoms with Crippen molar-refractivity contribution in [2.45, 2.75) is 25.4 Å². The van der Waals surface area contributed by atoms with Crippen LogP contribution in [-0.4, -0.2) is 19.1 Å². The highest BCUT2D eigenvalue weighted by Gasteiger charge is 2.16. The molecule has 2 heteroatoms. The summed E-state index contributed by atoms with van der Waals surface area (Å²) >= 11 is 0. The molecule has 1 aromatic rings. The Morgan fingerprint density at radius 2 is 2.14 bits per heavy atom. The standard InChI is InChI=1S/C12H18N2/c1-10(11-5-3-2-4-6-11)14-12-7-8-13-9-12/h2-6,10,12-14H,7-9H2,1H3/t10-,12+/m1/s1. The molecule has 2 rings (SSSR count). The quantitative estimate of drug-likeness (QED) is 0.758. The molecule has 1 aliphatic heterocycles. The molecule has 1 aromatic carbocycles. The second-order valence-electron chi connectivity index (χ2n) is 3.99. The highest BCUT2D eigenvalue weighted by Crippen LogP contribution is 2.13. The van der Waals surface area contributed by atoms with Gasteiger partial charge in [-0.3, -0.25) is 0 Å². The Morgan fingerprint density at radius 1 is 1.36 bits per heavy atom. The van der Waals surface area contributed by atoms with Crippen molar-refractivity contribution in [2.24, 2.45) is 0 Å². The molecule has 2 atom stereocenters. The molecule has 2 N–H and O–H groups in total. The van der Waals surface area contributed by atoms with E-state index in [1.165, 1.54) is 12.0 Å². The summed E-state index contributed by atoms with van der Waals surface area (Å²) < 4.78 is 0.